The van der Waals surface area contributed by atoms with Crippen molar-refractivity contribution in [2.75, 3.05) is 5.75 Å². The predicted molar refractivity (Wildman–Crippen MR) is 56.8 cm³/mol. The summed E-state index contributed by atoms with van der Waals surface area (Å²) in [6.45, 7) is 3.36. The molecular weight excluding hydrogens is 216 g/mol. The highest BCUT2D eigenvalue weighted by molar-refractivity contribution is 7.90. The molecule has 0 atom stereocenters. The lowest BCUT2D eigenvalue weighted by molar-refractivity contribution is 0.541. The highest BCUT2D eigenvalue weighted by Gasteiger charge is 2.23. The zero-order chi connectivity index (χ0) is 11.7. The Kier molecular flexibility index (Phi) is 3.15. The monoisotopic (exact) mass is 232 g/mol. The molecule has 2 N–H and O–H groups in total. The van der Waals surface area contributed by atoms with Crippen molar-refractivity contribution >= 4 is 9.84 Å². The lowest BCUT2D eigenvalue weighted by Crippen LogP contribution is -2.40. The molecule has 0 aromatic carbocycles. The number of hydrogen-bond acceptors (Lipinski definition) is 5. The van der Waals surface area contributed by atoms with Gasteiger partial charge in [-0.25, -0.2) is 13.4 Å². The van der Waals surface area contributed by atoms with E-state index in [0.29, 0.717) is 5.82 Å². The largest absolute Gasteiger partial charge is 0.325 e. The van der Waals surface area contributed by atoms with Crippen LogP contribution >= 0.6 is 0 Å². The molecule has 0 aliphatic heterocycles. The zero-order valence-corrected chi connectivity index (χ0v) is 9.95. The maximum absolute atomic E-state index is 11.7. The molecule has 0 fully saturated rings. The maximum atomic E-state index is 11.7. The average molecular weight is 232 g/mol. The van der Waals surface area contributed by atoms with Gasteiger partial charge < -0.3 is 5.73 Å². The SMILES string of the molecule is Cn1ncnc1CS(=O)(=O)CC(C)(C)N. The van der Waals surface area contributed by atoms with Crippen LogP contribution in [0.4, 0.5) is 0 Å². The van der Waals surface area contributed by atoms with Gasteiger partial charge in [0.1, 0.15) is 17.9 Å². The fourth-order valence-electron chi connectivity index (χ4n) is 1.27. The highest BCUT2D eigenvalue weighted by Crippen LogP contribution is 2.08. The Balaban J connectivity index is 2.78. The van der Waals surface area contributed by atoms with Gasteiger partial charge in [0, 0.05) is 12.6 Å². The van der Waals surface area contributed by atoms with E-state index in [1.807, 2.05) is 0 Å². The first-order valence-electron chi connectivity index (χ1n) is 4.52. The summed E-state index contributed by atoms with van der Waals surface area (Å²) in [5.74, 6) is 0.246. The Morgan fingerprint density at radius 3 is 2.53 bits per heavy atom. The fraction of sp³-hybridized carbons (Fsp3) is 0.750. The van der Waals surface area contributed by atoms with Crippen LogP contribution in [0, 0.1) is 0 Å². The summed E-state index contributed by atoms with van der Waals surface area (Å²) >= 11 is 0. The summed E-state index contributed by atoms with van der Waals surface area (Å²) in [6.07, 6.45) is 1.33. The minimum atomic E-state index is -3.23. The number of aryl methyl sites for hydroxylation is 1. The summed E-state index contributed by atoms with van der Waals surface area (Å²) < 4.78 is 24.9. The predicted octanol–water partition coefficient (Wildman–Crippen LogP) is -0.533. The summed E-state index contributed by atoms with van der Waals surface area (Å²) in [5.41, 5.74) is 4.94. The Hall–Kier alpha value is -0.950. The van der Waals surface area contributed by atoms with Crippen molar-refractivity contribution in [2.45, 2.75) is 25.1 Å². The average Bonchev–Trinajstić information content (AvgIpc) is 2.29. The molecule has 0 unspecified atom stereocenters. The lowest BCUT2D eigenvalue weighted by Gasteiger charge is -2.17. The van der Waals surface area contributed by atoms with Gasteiger partial charge >= 0.3 is 0 Å². The van der Waals surface area contributed by atoms with Crippen molar-refractivity contribution in [1.82, 2.24) is 14.8 Å². The molecule has 0 spiro atoms. The summed E-state index contributed by atoms with van der Waals surface area (Å²) in [7, 11) is -1.57. The molecule has 1 rings (SSSR count). The first-order valence-corrected chi connectivity index (χ1v) is 6.34. The quantitative estimate of drug-likeness (QED) is 0.753. The zero-order valence-electron chi connectivity index (χ0n) is 9.14. The standard InChI is InChI=1S/C8H16N4O2S/c1-8(2,9)5-15(13,14)4-7-10-6-11-12(7)3/h6H,4-5,9H2,1-3H3. The number of aromatic nitrogens is 3. The smallest absolute Gasteiger partial charge is 0.159 e. The van der Waals surface area contributed by atoms with Crippen molar-refractivity contribution in [1.29, 1.82) is 0 Å². The van der Waals surface area contributed by atoms with Gasteiger partial charge in [0.25, 0.3) is 0 Å². The number of nitrogens with zero attached hydrogens (tertiary/aromatic N) is 3. The van der Waals surface area contributed by atoms with Crippen LogP contribution in [0.3, 0.4) is 0 Å². The molecule has 86 valence electrons. The van der Waals surface area contributed by atoms with Gasteiger partial charge in [-0.1, -0.05) is 0 Å². The minimum Gasteiger partial charge on any atom is -0.325 e. The van der Waals surface area contributed by atoms with E-state index in [4.69, 9.17) is 5.73 Å². The Bertz CT molecular complexity index is 430. The second kappa shape index (κ2) is 3.90. The van der Waals surface area contributed by atoms with E-state index in [2.05, 4.69) is 10.1 Å². The van der Waals surface area contributed by atoms with Gasteiger partial charge in [0.05, 0.1) is 5.75 Å². The molecule has 0 aliphatic carbocycles. The van der Waals surface area contributed by atoms with E-state index in [0.717, 1.165) is 0 Å². The molecule has 0 saturated carbocycles. The first kappa shape index (κ1) is 12.1. The number of hydrogen-bond donors (Lipinski definition) is 1. The molecule has 0 radical (unpaired) electrons. The molecule has 15 heavy (non-hydrogen) atoms. The summed E-state index contributed by atoms with van der Waals surface area (Å²) in [6, 6.07) is 0. The second-order valence-corrected chi connectivity index (χ2v) is 6.39. The summed E-state index contributed by atoms with van der Waals surface area (Å²) in [4.78, 5) is 3.86. The normalized spacial score (nSPS) is 13.1. The first-order chi connectivity index (χ1) is 6.70. The van der Waals surface area contributed by atoms with Crippen molar-refractivity contribution in [3.63, 3.8) is 0 Å². The van der Waals surface area contributed by atoms with Crippen LogP contribution in [0.1, 0.15) is 19.7 Å². The fourth-order valence-corrected chi connectivity index (χ4v) is 3.16. The van der Waals surface area contributed by atoms with Crippen molar-refractivity contribution in [2.24, 2.45) is 12.8 Å². The molecule has 6 nitrogen and oxygen atoms in total. The van der Waals surface area contributed by atoms with Gasteiger partial charge in [-0.15, -0.1) is 0 Å². The van der Waals surface area contributed by atoms with Crippen LogP contribution in [0.25, 0.3) is 0 Å². The molecule has 1 aromatic heterocycles. The molecule has 0 saturated heterocycles. The number of nitrogens with two attached hydrogens (primary N) is 1. The Morgan fingerprint density at radius 2 is 2.13 bits per heavy atom. The second-order valence-electron chi connectivity index (χ2n) is 4.32. The lowest BCUT2D eigenvalue weighted by atomic mass is 10.1. The van der Waals surface area contributed by atoms with E-state index in [-0.39, 0.29) is 11.5 Å². The van der Waals surface area contributed by atoms with E-state index >= 15 is 0 Å². The molecule has 0 amide bonds. The van der Waals surface area contributed by atoms with Crippen LogP contribution in [0.15, 0.2) is 6.33 Å². The van der Waals surface area contributed by atoms with Gasteiger partial charge in [-0.05, 0) is 13.8 Å². The third kappa shape index (κ3) is 3.96. The van der Waals surface area contributed by atoms with Crippen LogP contribution in [0.5, 0.6) is 0 Å². The molecular formula is C8H16N4O2S. The molecule has 1 heterocycles. The Morgan fingerprint density at radius 1 is 1.53 bits per heavy atom. The van der Waals surface area contributed by atoms with Crippen molar-refractivity contribution < 1.29 is 8.42 Å². The van der Waals surface area contributed by atoms with E-state index in [1.165, 1.54) is 11.0 Å². The highest BCUT2D eigenvalue weighted by atomic mass is 32.2. The molecule has 0 aliphatic rings. The van der Waals surface area contributed by atoms with E-state index in [9.17, 15) is 8.42 Å². The minimum absolute atomic E-state index is 0.0626. The molecule has 7 heteroatoms. The van der Waals surface area contributed by atoms with Gasteiger partial charge in [-0.2, -0.15) is 5.10 Å². The van der Waals surface area contributed by atoms with Crippen molar-refractivity contribution in [3.05, 3.63) is 12.2 Å². The third-order valence-electron chi connectivity index (χ3n) is 1.75. The van der Waals surface area contributed by atoms with Crippen LogP contribution in [-0.2, 0) is 22.6 Å². The van der Waals surface area contributed by atoms with Gasteiger partial charge in [0.2, 0.25) is 0 Å². The van der Waals surface area contributed by atoms with Gasteiger partial charge in [0.15, 0.2) is 9.84 Å². The molecule has 0 bridgehead atoms. The van der Waals surface area contributed by atoms with E-state index < -0.39 is 15.4 Å². The van der Waals surface area contributed by atoms with E-state index in [1.54, 1.807) is 20.9 Å². The van der Waals surface area contributed by atoms with Crippen LogP contribution in [0.2, 0.25) is 0 Å². The van der Waals surface area contributed by atoms with Crippen LogP contribution in [-0.4, -0.2) is 34.5 Å². The molecule has 1 aromatic rings. The Labute approximate surface area is 89.4 Å². The number of sulfone groups is 1. The topological polar surface area (TPSA) is 90.9 Å². The number of rotatable bonds is 4. The summed E-state index contributed by atoms with van der Waals surface area (Å²) in [5, 5.41) is 3.81. The van der Waals surface area contributed by atoms with Crippen LogP contribution < -0.4 is 5.73 Å². The maximum Gasteiger partial charge on any atom is 0.159 e. The third-order valence-corrected chi connectivity index (χ3v) is 3.63. The van der Waals surface area contributed by atoms with Crippen molar-refractivity contribution in [3.8, 4) is 0 Å². The van der Waals surface area contributed by atoms with Gasteiger partial charge in [-0.3, -0.25) is 4.68 Å².